The zero-order valence-electron chi connectivity index (χ0n) is 18.0. The molecule has 0 N–H and O–H groups in total. The molecule has 31 heavy (non-hydrogen) atoms. The summed E-state index contributed by atoms with van der Waals surface area (Å²) < 4.78 is 8.66. The summed E-state index contributed by atoms with van der Waals surface area (Å²) in [4.78, 5) is 0. The van der Waals surface area contributed by atoms with Crippen molar-refractivity contribution >= 4 is 43.7 Å². The van der Waals surface area contributed by atoms with E-state index in [0.717, 1.165) is 28.9 Å². The smallest absolute Gasteiger partial charge is 0.137 e. The average molecular weight is 406 g/mol. The minimum atomic E-state index is 0.427. The van der Waals surface area contributed by atoms with Crippen LogP contribution in [0, 0.1) is 17.8 Å². The van der Waals surface area contributed by atoms with Crippen LogP contribution >= 0.6 is 0 Å². The molecule has 0 atom stereocenters. The average Bonchev–Trinajstić information content (AvgIpc) is 3.26. The van der Waals surface area contributed by atoms with Crippen molar-refractivity contribution in [2.24, 2.45) is 24.8 Å². The van der Waals surface area contributed by atoms with Crippen molar-refractivity contribution in [1.29, 1.82) is 0 Å². The molecule has 0 saturated heterocycles. The van der Waals surface area contributed by atoms with Crippen LogP contribution < -0.4 is 0 Å². The third-order valence-electron chi connectivity index (χ3n) is 9.16. The summed E-state index contributed by atoms with van der Waals surface area (Å²) in [7, 11) is 2.16. The molecule has 4 aliphatic rings. The summed E-state index contributed by atoms with van der Waals surface area (Å²) in [6.45, 7) is 0. The van der Waals surface area contributed by atoms with Gasteiger partial charge in [-0.1, -0.05) is 24.3 Å². The lowest BCUT2D eigenvalue weighted by Crippen LogP contribution is -2.48. The van der Waals surface area contributed by atoms with Gasteiger partial charge in [-0.05, 0) is 91.5 Å². The van der Waals surface area contributed by atoms with Crippen LogP contribution in [0.2, 0.25) is 0 Å². The molecular formula is C29H27NO. The molecule has 0 amide bonds. The molecule has 2 heterocycles. The third kappa shape index (κ3) is 2.14. The number of aromatic nitrogens is 1. The predicted octanol–water partition coefficient (Wildman–Crippen LogP) is 7.70. The maximum atomic E-state index is 6.37. The van der Waals surface area contributed by atoms with Gasteiger partial charge < -0.3 is 8.98 Å². The zero-order chi connectivity index (χ0) is 20.3. The van der Waals surface area contributed by atoms with E-state index < -0.39 is 0 Å². The molecule has 0 aliphatic heterocycles. The Morgan fingerprint density at radius 1 is 0.710 bits per heavy atom. The molecule has 0 radical (unpaired) electrons. The molecular weight excluding hydrogens is 378 g/mol. The first kappa shape index (κ1) is 16.9. The SMILES string of the molecule is Cn1c2ccccc2c2cc3c(cc21)oc1ccc(C24CC5CC(CC(C5)C2)C4)cc13. The van der Waals surface area contributed by atoms with E-state index in [1.807, 2.05) is 0 Å². The largest absolute Gasteiger partial charge is 0.456 e. The highest BCUT2D eigenvalue weighted by atomic mass is 16.3. The molecule has 4 aliphatic carbocycles. The summed E-state index contributed by atoms with van der Waals surface area (Å²) in [6, 6.07) is 20.5. The third-order valence-corrected chi connectivity index (χ3v) is 9.16. The lowest BCUT2D eigenvalue weighted by molar-refractivity contribution is -0.00512. The Hall–Kier alpha value is -2.74. The van der Waals surface area contributed by atoms with Crippen molar-refractivity contribution in [2.75, 3.05) is 0 Å². The van der Waals surface area contributed by atoms with E-state index in [2.05, 4.69) is 66.2 Å². The number of fused-ring (bicyclic) bond motifs is 6. The molecule has 3 aromatic carbocycles. The molecule has 154 valence electrons. The van der Waals surface area contributed by atoms with Crippen LogP contribution in [0.25, 0.3) is 43.7 Å². The molecule has 9 rings (SSSR count). The standard InChI is InChI=1S/C29H27NO/c1-30-25-5-3-2-4-21(25)22-12-24-23-11-20(6-7-27(23)31-28(24)13-26(22)30)29-14-17-8-18(15-29)10-19(9-17)16-29/h2-7,11-13,17-19H,8-10,14-16H2,1H3. The number of benzene rings is 3. The first-order valence-electron chi connectivity index (χ1n) is 12.0. The highest BCUT2D eigenvalue weighted by molar-refractivity contribution is 6.16. The molecule has 0 spiro atoms. The number of hydrogen-bond donors (Lipinski definition) is 0. The maximum absolute atomic E-state index is 6.37. The predicted molar refractivity (Wildman–Crippen MR) is 128 cm³/mol. The van der Waals surface area contributed by atoms with Crippen LogP contribution in [0.5, 0.6) is 0 Å². The molecule has 2 aromatic heterocycles. The second-order valence-electron chi connectivity index (χ2n) is 11.0. The van der Waals surface area contributed by atoms with Crippen LogP contribution in [0.4, 0.5) is 0 Å². The van der Waals surface area contributed by atoms with Gasteiger partial charge in [0.1, 0.15) is 11.2 Å². The quantitative estimate of drug-likeness (QED) is 0.279. The fourth-order valence-electron chi connectivity index (χ4n) is 8.22. The van der Waals surface area contributed by atoms with E-state index in [4.69, 9.17) is 4.42 Å². The van der Waals surface area contributed by atoms with Crippen molar-refractivity contribution in [3.05, 3.63) is 60.2 Å². The number of rotatable bonds is 1. The normalized spacial score (nSPS) is 29.8. The van der Waals surface area contributed by atoms with Gasteiger partial charge in [-0.2, -0.15) is 0 Å². The van der Waals surface area contributed by atoms with E-state index in [0.29, 0.717) is 5.41 Å². The molecule has 4 saturated carbocycles. The van der Waals surface area contributed by atoms with E-state index in [-0.39, 0.29) is 0 Å². The fourth-order valence-corrected chi connectivity index (χ4v) is 8.22. The topological polar surface area (TPSA) is 18.1 Å². The van der Waals surface area contributed by atoms with Gasteiger partial charge >= 0.3 is 0 Å². The summed E-state index contributed by atoms with van der Waals surface area (Å²) in [5.41, 5.74) is 6.58. The zero-order valence-corrected chi connectivity index (χ0v) is 18.0. The first-order valence-corrected chi connectivity index (χ1v) is 12.0. The van der Waals surface area contributed by atoms with Gasteiger partial charge in [0.05, 0.1) is 5.52 Å². The molecule has 4 fully saturated rings. The van der Waals surface area contributed by atoms with Gasteiger partial charge in [0.25, 0.3) is 0 Å². The van der Waals surface area contributed by atoms with Crippen molar-refractivity contribution in [3.8, 4) is 0 Å². The summed E-state index contributed by atoms with van der Waals surface area (Å²) in [6.07, 6.45) is 8.72. The van der Waals surface area contributed by atoms with E-state index >= 15 is 0 Å². The van der Waals surface area contributed by atoms with Gasteiger partial charge in [-0.25, -0.2) is 0 Å². The number of aryl methyl sites for hydroxylation is 1. The number of hydrogen-bond acceptors (Lipinski definition) is 1. The molecule has 2 nitrogen and oxygen atoms in total. The second kappa shape index (κ2) is 5.54. The van der Waals surface area contributed by atoms with Gasteiger partial charge in [-0.15, -0.1) is 0 Å². The van der Waals surface area contributed by atoms with Crippen LogP contribution in [0.1, 0.15) is 44.1 Å². The van der Waals surface area contributed by atoms with Crippen molar-refractivity contribution in [3.63, 3.8) is 0 Å². The van der Waals surface area contributed by atoms with Gasteiger partial charge in [-0.3, -0.25) is 0 Å². The maximum Gasteiger partial charge on any atom is 0.137 e. The van der Waals surface area contributed by atoms with E-state index in [1.54, 1.807) is 5.56 Å². The lowest BCUT2D eigenvalue weighted by Gasteiger charge is -2.57. The number of nitrogens with zero attached hydrogens (tertiary/aromatic N) is 1. The highest BCUT2D eigenvalue weighted by Crippen LogP contribution is 2.61. The molecule has 5 aromatic rings. The summed E-state index contributed by atoms with van der Waals surface area (Å²) in [5, 5.41) is 5.23. The van der Waals surface area contributed by atoms with Crippen LogP contribution in [0.3, 0.4) is 0 Å². The van der Waals surface area contributed by atoms with Gasteiger partial charge in [0.2, 0.25) is 0 Å². The number of furan rings is 1. The Morgan fingerprint density at radius 2 is 1.42 bits per heavy atom. The van der Waals surface area contributed by atoms with E-state index in [9.17, 15) is 0 Å². The Morgan fingerprint density at radius 3 is 2.19 bits per heavy atom. The van der Waals surface area contributed by atoms with Crippen molar-refractivity contribution in [2.45, 2.75) is 43.9 Å². The minimum Gasteiger partial charge on any atom is -0.456 e. The minimum absolute atomic E-state index is 0.427. The van der Waals surface area contributed by atoms with E-state index in [1.165, 1.54) is 71.1 Å². The van der Waals surface area contributed by atoms with Gasteiger partial charge in [0.15, 0.2) is 0 Å². The van der Waals surface area contributed by atoms with Crippen molar-refractivity contribution in [1.82, 2.24) is 4.57 Å². The van der Waals surface area contributed by atoms with Crippen LogP contribution in [-0.2, 0) is 12.5 Å². The Labute approximate surface area is 181 Å². The Balaban J connectivity index is 1.38. The lowest BCUT2D eigenvalue weighted by atomic mass is 9.48. The Kier molecular flexibility index (Phi) is 3.02. The molecule has 0 unspecified atom stereocenters. The fraction of sp³-hybridized carbons (Fsp3) is 0.379. The van der Waals surface area contributed by atoms with Crippen LogP contribution in [-0.4, -0.2) is 4.57 Å². The second-order valence-corrected chi connectivity index (χ2v) is 11.0. The summed E-state index contributed by atoms with van der Waals surface area (Å²) >= 11 is 0. The van der Waals surface area contributed by atoms with Gasteiger partial charge in [0, 0.05) is 40.2 Å². The van der Waals surface area contributed by atoms with Crippen molar-refractivity contribution < 1.29 is 4.42 Å². The highest BCUT2D eigenvalue weighted by Gasteiger charge is 2.51. The Bertz CT molecular complexity index is 1500. The molecule has 4 bridgehead atoms. The molecule has 2 heteroatoms. The first-order chi connectivity index (χ1) is 15.2. The van der Waals surface area contributed by atoms with Crippen LogP contribution in [0.15, 0.2) is 59.0 Å². The number of para-hydroxylation sites is 1. The summed E-state index contributed by atoms with van der Waals surface area (Å²) in [5.74, 6) is 2.91. The monoisotopic (exact) mass is 405 g/mol.